The summed E-state index contributed by atoms with van der Waals surface area (Å²) in [6.45, 7) is 4.20. The molecule has 0 aliphatic heterocycles. The first-order valence-corrected chi connectivity index (χ1v) is 6.69. The third-order valence-electron chi connectivity index (χ3n) is 3.34. The lowest BCUT2D eigenvalue weighted by Crippen LogP contribution is -2.32. The van der Waals surface area contributed by atoms with E-state index < -0.39 is 0 Å². The first-order valence-electron chi connectivity index (χ1n) is 6.69. The second kappa shape index (κ2) is 6.35. The summed E-state index contributed by atoms with van der Waals surface area (Å²) in [4.78, 5) is 11.4. The number of aryl methyl sites for hydroxylation is 1. The summed E-state index contributed by atoms with van der Waals surface area (Å²) in [6.07, 6.45) is 2.09. The third-order valence-corrected chi connectivity index (χ3v) is 3.34. The fourth-order valence-corrected chi connectivity index (χ4v) is 1.95. The number of rotatable bonds is 6. The lowest BCUT2D eigenvalue weighted by molar-refractivity contribution is -0.122. The second-order valence-electron chi connectivity index (χ2n) is 5.00. The standard InChI is InChI=1S/C15H19N3O/c1-11-8-12(9-16)2-3-14(11)10-17-6-7-18-15(19)13-4-5-13/h2-3,8,13,17H,4-7,10H2,1H3,(H,18,19). The Hall–Kier alpha value is -1.86. The highest BCUT2D eigenvalue weighted by atomic mass is 16.2. The zero-order valence-corrected chi connectivity index (χ0v) is 11.2. The van der Waals surface area contributed by atoms with Crippen LogP contribution in [0.5, 0.6) is 0 Å². The Labute approximate surface area is 113 Å². The van der Waals surface area contributed by atoms with Gasteiger partial charge < -0.3 is 10.6 Å². The van der Waals surface area contributed by atoms with Crippen molar-refractivity contribution in [2.45, 2.75) is 26.3 Å². The molecule has 1 amide bonds. The molecular formula is C15H19N3O. The van der Waals surface area contributed by atoms with E-state index in [1.54, 1.807) is 0 Å². The average Bonchev–Trinajstić information content (AvgIpc) is 3.24. The van der Waals surface area contributed by atoms with E-state index in [-0.39, 0.29) is 11.8 Å². The molecule has 1 aromatic rings. The quantitative estimate of drug-likeness (QED) is 0.759. The van der Waals surface area contributed by atoms with Gasteiger partial charge in [0.05, 0.1) is 11.6 Å². The molecule has 0 bridgehead atoms. The number of carbonyl (C=O) groups is 1. The minimum Gasteiger partial charge on any atom is -0.355 e. The predicted octanol–water partition coefficient (Wildman–Crippen LogP) is 1.48. The minimum absolute atomic E-state index is 0.191. The van der Waals surface area contributed by atoms with Crippen molar-refractivity contribution < 1.29 is 4.79 Å². The molecule has 1 aromatic carbocycles. The van der Waals surface area contributed by atoms with Crippen LogP contribution in [0.15, 0.2) is 18.2 Å². The van der Waals surface area contributed by atoms with Gasteiger partial charge in [-0.1, -0.05) is 6.07 Å². The van der Waals surface area contributed by atoms with Crippen molar-refractivity contribution in [3.63, 3.8) is 0 Å². The van der Waals surface area contributed by atoms with Crippen LogP contribution in [0.1, 0.15) is 29.5 Å². The van der Waals surface area contributed by atoms with E-state index in [1.807, 2.05) is 25.1 Å². The zero-order valence-electron chi connectivity index (χ0n) is 11.2. The molecule has 0 atom stereocenters. The van der Waals surface area contributed by atoms with Gasteiger partial charge in [-0.05, 0) is 43.0 Å². The van der Waals surface area contributed by atoms with Crippen molar-refractivity contribution in [2.24, 2.45) is 5.92 Å². The van der Waals surface area contributed by atoms with Crippen molar-refractivity contribution >= 4 is 5.91 Å². The highest BCUT2D eigenvalue weighted by Gasteiger charge is 2.28. The number of benzene rings is 1. The zero-order chi connectivity index (χ0) is 13.7. The van der Waals surface area contributed by atoms with Crippen LogP contribution >= 0.6 is 0 Å². The van der Waals surface area contributed by atoms with E-state index in [0.29, 0.717) is 12.1 Å². The Morgan fingerprint density at radius 1 is 1.42 bits per heavy atom. The number of nitrogens with one attached hydrogen (secondary N) is 2. The number of hydrogen-bond donors (Lipinski definition) is 2. The first kappa shape index (κ1) is 13.6. The summed E-state index contributed by atoms with van der Waals surface area (Å²) >= 11 is 0. The average molecular weight is 257 g/mol. The largest absolute Gasteiger partial charge is 0.355 e. The Morgan fingerprint density at radius 2 is 2.21 bits per heavy atom. The van der Waals surface area contributed by atoms with E-state index in [0.717, 1.165) is 31.5 Å². The van der Waals surface area contributed by atoms with E-state index in [9.17, 15) is 4.79 Å². The van der Waals surface area contributed by atoms with Crippen LogP contribution in [0.2, 0.25) is 0 Å². The van der Waals surface area contributed by atoms with E-state index in [2.05, 4.69) is 16.7 Å². The number of hydrogen-bond acceptors (Lipinski definition) is 3. The van der Waals surface area contributed by atoms with Gasteiger partial charge in [0.25, 0.3) is 0 Å². The molecule has 1 saturated carbocycles. The monoisotopic (exact) mass is 257 g/mol. The van der Waals surface area contributed by atoms with Gasteiger partial charge in [-0.3, -0.25) is 4.79 Å². The van der Waals surface area contributed by atoms with Crippen LogP contribution in [0, 0.1) is 24.2 Å². The molecule has 19 heavy (non-hydrogen) atoms. The molecule has 0 unspecified atom stereocenters. The molecule has 4 nitrogen and oxygen atoms in total. The third kappa shape index (κ3) is 4.08. The van der Waals surface area contributed by atoms with Crippen molar-refractivity contribution in [1.82, 2.24) is 10.6 Å². The van der Waals surface area contributed by atoms with Crippen LogP contribution in [-0.4, -0.2) is 19.0 Å². The van der Waals surface area contributed by atoms with Gasteiger partial charge in [0.1, 0.15) is 0 Å². The molecule has 0 saturated heterocycles. The van der Waals surface area contributed by atoms with E-state index >= 15 is 0 Å². The van der Waals surface area contributed by atoms with Crippen LogP contribution in [0.25, 0.3) is 0 Å². The number of nitrogens with zero attached hydrogens (tertiary/aromatic N) is 1. The molecule has 100 valence electrons. The second-order valence-corrected chi connectivity index (χ2v) is 5.00. The Bertz CT molecular complexity index is 501. The maximum atomic E-state index is 11.4. The summed E-state index contributed by atoms with van der Waals surface area (Å²) in [6, 6.07) is 7.84. The molecule has 1 aliphatic rings. The van der Waals surface area contributed by atoms with Crippen molar-refractivity contribution in [1.29, 1.82) is 5.26 Å². The van der Waals surface area contributed by atoms with E-state index in [1.165, 1.54) is 5.56 Å². The molecule has 0 radical (unpaired) electrons. The SMILES string of the molecule is Cc1cc(C#N)ccc1CNCCNC(=O)C1CC1. The fourth-order valence-electron chi connectivity index (χ4n) is 1.95. The molecule has 4 heteroatoms. The Morgan fingerprint density at radius 3 is 2.84 bits per heavy atom. The van der Waals surface area contributed by atoms with Crippen molar-refractivity contribution in [2.75, 3.05) is 13.1 Å². The first-order chi connectivity index (χ1) is 9.20. The summed E-state index contributed by atoms with van der Waals surface area (Å²) < 4.78 is 0. The molecule has 1 aliphatic carbocycles. The maximum absolute atomic E-state index is 11.4. The van der Waals surface area contributed by atoms with Crippen molar-refractivity contribution in [3.05, 3.63) is 34.9 Å². The Balaban J connectivity index is 1.67. The summed E-state index contributed by atoms with van der Waals surface area (Å²) in [5, 5.41) is 15.0. The summed E-state index contributed by atoms with van der Waals surface area (Å²) in [5.74, 6) is 0.470. The molecule has 0 aromatic heterocycles. The van der Waals surface area contributed by atoms with E-state index in [4.69, 9.17) is 5.26 Å². The molecule has 0 spiro atoms. The van der Waals surface area contributed by atoms with Gasteiger partial charge in [0, 0.05) is 25.6 Å². The summed E-state index contributed by atoms with van der Waals surface area (Å²) in [5.41, 5.74) is 3.00. The fraction of sp³-hybridized carbons (Fsp3) is 0.467. The number of carbonyl (C=O) groups excluding carboxylic acids is 1. The van der Waals surface area contributed by atoms with Gasteiger partial charge >= 0.3 is 0 Å². The molecule has 1 fully saturated rings. The van der Waals surface area contributed by atoms with Crippen LogP contribution in [0.4, 0.5) is 0 Å². The van der Waals surface area contributed by atoms with Crippen molar-refractivity contribution in [3.8, 4) is 6.07 Å². The Kier molecular flexibility index (Phi) is 4.53. The highest BCUT2D eigenvalue weighted by Crippen LogP contribution is 2.28. The van der Waals surface area contributed by atoms with Crippen LogP contribution < -0.4 is 10.6 Å². The predicted molar refractivity (Wildman–Crippen MR) is 73.3 cm³/mol. The lowest BCUT2D eigenvalue weighted by atomic mass is 10.1. The van der Waals surface area contributed by atoms with Gasteiger partial charge in [0.2, 0.25) is 5.91 Å². The molecule has 0 heterocycles. The van der Waals surface area contributed by atoms with Crippen LogP contribution in [0.3, 0.4) is 0 Å². The van der Waals surface area contributed by atoms with Gasteiger partial charge in [0.15, 0.2) is 0 Å². The lowest BCUT2D eigenvalue weighted by Gasteiger charge is -2.09. The summed E-state index contributed by atoms with van der Waals surface area (Å²) in [7, 11) is 0. The van der Waals surface area contributed by atoms with Gasteiger partial charge in [-0.15, -0.1) is 0 Å². The smallest absolute Gasteiger partial charge is 0.223 e. The normalized spacial score (nSPS) is 13.9. The van der Waals surface area contributed by atoms with Gasteiger partial charge in [-0.2, -0.15) is 5.26 Å². The maximum Gasteiger partial charge on any atom is 0.223 e. The molecule has 2 N–H and O–H groups in total. The molecule has 2 rings (SSSR count). The topological polar surface area (TPSA) is 64.9 Å². The molecular weight excluding hydrogens is 238 g/mol. The highest BCUT2D eigenvalue weighted by molar-refractivity contribution is 5.80. The van der Waals surface area contributed by atoms with Gasteiger partial charge in [-0.25, -0.2) is 0 Å². The number of nitriles is 1. The van der Waals surface area contributed by atoms with Crippen LogP contribution in [-0.2, 0) is 11.3 Å². The number of amides is 1. The minimum atomic E-state index is 0.191.